The molecular weight excluding hydrogens is 500 g/mol. The topological polar surface area (TPSA) is 76.5 Å². The number of anilines is 1. The van der Waals surface area contributed by atoms with Crippen molar-refractivity contribution in [3.05, 3.63) is 94.0 Å². The Balaban J connectivity index is 1.89. The largest absolute Gasteiger partial charge is 0.495 e. The van der Waals surface area contributed by atoms with Crippen molar-refractivity contribution >= 4 is 22.6 Å². The smallest absolute Gasteiger partial charge is 0.322 e. The fraction of sp³-hybridized carbons (Fsp3) is 0.364. The molecule has 0 aliphatic heterocycles. The zero-order chi connectivity index (χ0) is 28.6. The Labute approximate surface area is 236 Å². The van der Waals surface area contributed by atoms with Crippen molar-refractivity contribution in [2.75, 3.05) is 19.0 Å². The molecule has 4 aromatic rings. The highest BCUT2D eigenvalue weighted by Gasteiger charge is 2.30. The first-order valence-electron chi connectivity index (χ1n) is 14.2. The third-order valence-electron chi connectivity index (χ3n) is 7.42. The number of nitrogens with zero attached hydrogens (tertiary/aromatic N) is 3. The molecule has 1 N–H and O–H groups in total. The van der Waals surface area contributed by atoms with Crippen LogP contribution in [-0.2, 0) is 0 Å². The molecule has 0 radical (unpaired) electrons. The van der Waals surface area contributed by atoms with Gasteiger partial charge in [-0.1, -0.05) is 75.6 Å². The van der Waals surface area contributed by atoms with E-state index in [9.17, 15) is 9.59 Å². The minimum absolute atomic E-state index is 0.190. The van der Waals surface area contributed by atoms with Gasteiger partial charge in [-0.25, -0.2) is 9.78 Å². The van der Waals surface area contributed by atoms with E-state index in [0.29, 0.717) is 41.1 Å². The number of carbonyl (C=O) groups is 1. The van der Waals surface area contributed by atoms with Crippen LogP contribution in [0, 0.1) is 13.8 Å². The number of benzene rings is 3. The van der Waals surface area contributed by atoms with Crippen molar-refractivity contribution in [2.24, 2.45) is 0 Å². The summed E-state index contributed by atoms with van der Waals surface area (Å²) in [6.07, 6.45) is 4.66. The van der Waals surface area contributed by atoms with Crippen LogP contribution in [0.4, 0.5) is 10.5 Å². The number of amides is 2. The molecule has 0 bridgehead atoms. The zero-order valence-corrected chi connectivity index (χ0v) is 24.2. The van der Waals surface area contributed by atoms with Crippen LogP contribution in [0.25, 0.3) is 16.6 Å². The van der Waals surface area contributed by atoms with Crippen LogP contribution in [0.15, 0.2) is 71.5 Å². The minimum atomic E-state index is -0.451. The van der Waals surface area contributed by atoms with Gasteiger partial charge in [0, 0.05) is 12.2 Å². The number of urea groups is 1. The molecule has 1 atom stereocenters. The molecule has 0 saturated heterocycles. The van der Waals surface area contributed by atoms with Crippen molar-refractivity contribution in [3.8, 4) is 11.4 Å². The number of aryl methyl sites for hydroxylation is 2. The van der Waals surface area contributed by atoms with E-state index in [1.54, 1.807) is 17.7 Å². The van der Waals surface area contributed by atoms with Crippen molar-refractivity contribution < 1.29 is 9.53 Å². The fourth-order valence-electron chi connectivity index (χ4n) is 5.26. The lowest BCUT2D eigenvalue weighted by Gasteiger charge is -2.33. The number of hydrogen-bond donors (Lipinski definition) is 1. The molecular formula is C33H40N4O3. The first-order chi connectivity index (χ1) is 19.4. The maximum Gasteiger partial charge on any atom is 0.322 e. The van der Waals surface area contributed by atoms with Gasteiger partial charge in [0.15, 0.2) is 0 Å². The van der Waals surface area contributed by atoms with E-state index in [0.717, 1.165) is 42.5 Å². The monoisotopic (exact) mass is 540 g/mol. The third-order valence-corrected chi connectivity index (χ3v) is 7.42. The van der Waals surface area contributed by atoms with Crippen LogP contribution in [0.1, 0.15) is 68.9 Å². The lowest BCUT2D eigenvalue weighted by atomic mass is 10.1. The van der Waals surface area contributed by atoms with Gasteiger partial charge < -0.3 is 15.0 Å². The Morgan fingerprint density at radius 2 is 1.65 bits per heavy atom. The molecule has 40 heavy (non-hydrogen) atoms. The van der Waals surface area contributed by atoms with E-state index in [1.807, 2.05) is 86.3 Å². The van der Waals surface area contributed by atoms with Gasteiger partial charge in [-0.3, -0.25) is 9.36 Å². The summed E-state index contributed by atoms with van der Waals surface area (Å²) in [5, 5.41) is 3.70. The van der Waals surface area contributed by atoms with Gasteiger partial charge in [-0.05, 0) is 62.1 Å². The van der Waals surface area contributed by atoms with E-state index in [-0.39, 0.29) is 11.6 Å². The molecule has 210 valence electrons. The maximum atomic E-state index is 14.1. The number of aromatic nitrogens is 2. The molecule has 0 aliphatic carbocycles. The highest BCUT2D eigenvalue weighted by atomic mass is 16.5. The zero-order valence-electron chi connectivity index (χ0n) is 24.2. The van der Waals surface area contributed by atoms with Gasteiger partial charge in [0.1, 0.15) is 11.6 Å². The van der Waals surface area contributed by atoms with Crippen LogP contribution in [0.2, 0.25) is 0 Å². The number of ether oxygens (including phenoxy) is 1. The number of carbonyl (C=O) groups excluding carboxylic acids is 1. The number of para-hydroxylation sites is 4. The van der Waals surface area contributed by atoms with Crippen molar-refractivity contribution in [1.82, 2.24) is 14.5 Å². The summed E-state index contributed by atoms with van der Waals surface area (Å²) in [4.78, 5) is 35.0. The Bertz CT molecular complexity index is 1510. The predicted octanol–water partition coefficient (Wildman–Crippen LogP) is 7.58. The summed E-state index contributed by atoms with van der Waals surface area (Å²) in [7, 11) is 1.59. The first kappa shape index (κ1) is 28.9. The molecule has 4 rings (SSSR count). The third kappa shape index (κ3) is 6.03. The fourth-order valence-corrected chi connectivity index (χ4v) is 5.26. The summed E-state index contributed by atoms with van der Waals surface area (Å²) < 4.78 is 7.29. The number of methoxy groups -OCH3 is 1. The standard InChI is InChI=1S/C33H40N4O3/c1-6-8-9-14-22-36(33(39)35-30-23(3)16-15-17-24(30)4)27(7-2)31-34-26-19-11-10-18-25(26)32(38)37(31)28-20-12-13-21-29(28)40-5/h10-13,15-21,27H,6-9,14,22H2,1-5H3,(H,35,39). The summed E-state index contributed by atoms with van der Waals surface area (Å²) in [6, 6.07) is 20.1. The van der Waals surface area contributed by atoms with Gasteiger partial charge in [0.2, 0.25) is 0 Å². The average Bonchev–Trinajstić information content (AvgIpc) is 2.96. The second-order valence-corrected chi connectivity index (χ2v) is 10.2. The number of rotatable bonds is 11. The number of unbranched alkanes of at least 4 members (excludes halogenated alkanes) is 3. The Kier molecular flexibility index (Phi) is 9.59. The molecule has 7 nitrogen and oxygen atoms in total. The summed E-state index contributed by atoms with van der Waals surface area (Å²) in [6.45, 7) is 8.74. The molecule has 0 aliphatic rings. The Morgan fingerprint density at radius 1 is 0.950 bits per heavy atom. The molecule has 0 fully saturated rings. The van der Waals surface area contributed by atoms with E-state index >= 15 is 0 Å². The maximum absolute atomic E-state index is 14.1. The van der Waals surface area contributed by atoms with Crippen molar-refractivity contribution in [1.29, 1.82) is 0 Å². The van der Waals surface area contributed by atoms with Crippen LogP contribution < -0.4 is 15.6 Å². The van der Waals surface area contributed by atoms with Crippen LogP contribution >= 0.6 is 0 Å². The highest BCUT2D eigenvalue weighted by molar-refractivity contribution is 5.91. The molecule has 0 spiro atoms. The summed E-state index contributed by atoms with van der Waals surface area (Å²) >= 11 is 0. The van der Waals surface area contributed by atoms with Crippen molar-refractivity contribution in [3.63, 3.8) is 0 Å². The van der Waals surface area contributed by atoms with Gasteiger partial charge in [-0.2, -0.15) is 0 Å². The van der Waals surface area contributed by atoms with Crippen LogP contribution in [0.5, 0.6) is 5.75 Å². The van der Waals surface area contributed by atoms with Gasteiger partial charge in [0.25, 0.3) is 5.56 Å². The number of hydrogen-bond acceptors (Lipinski definition) is 4. The Hall–Kier alpha value is -4.13. The van der Waals surface area contributed by atoms with E-state index < -0.39 is 6.04 Å². The molecule has 0 saturated carbocycles. The first-order valence-corrected chi connectivity index (χ1v) is 14.2. The average molecular weight is 541 g/mol. The van der Waals surface area contributed by atoms with Crippen molar-refractivity contribution in [2.45, 2.75) is 65.8 Å². The Morgan fingerprint density at radius 3 is 2.35 bits per heavy atom. The molecule has 1 heterocycles. The number of nitrogens with one attached hydrogen (secondary N) is 1. The highest BCUT2D eigenvalue weighted by Crippen LogP contribution is 2.31. The van der Waals surface area contributed by atoms with E-state index in [1.165, 1.54) is 0 Å². The van der Waals surface area contributed by atoms with Gasteiger partial charge in [0.05, 0.1) is 29.7 Å². The molecule has 7 heteroatoms. The molecule has 2 amide bonds. The van der Waals surface area contributed by atoms with Crippen LogP contribution in [-0.4, -0.2) is 34.1 Å². The number of fused-ring (bicyclic) bond motifs is 1. The second-order valence-electron chi connectivity index (χ2n) is 10.2. The van der Waals surface area contributed by atoms with Crippen LogP contribution in [0.3, 0.4) is 0 Å². The second kappa shape index (κ2) is 13.3. The molecule has 1 unspecified atom stereocenters. The van der Waals surface area contributed by atoms with Gasteiger partial charge in [-0.15, -0.1) is 0 Å². The summed E-state index contributed by atoms with van der Waals surface area (Å²) in [5.41, 5.74) is 3.83. The SMILES string of the molecule is CCCCCCN(C(=O)Nc1c(C)cccc1C)C(CC)c1nc2ccccc2c(=O)n1-c1ccccc1OC. The molecule has 1 aromatic heterocycles. The summed E-state index contributed by atoms with van der Waals surface area (Å²) in [5.74, 6) is 1.08. The van der Waals surface area contributed by atoms with Gasteiger partial charge >= 0.3 is 6.03 Å². The lowest BCUT2D eigenvalue weighted by Crippen LogP contribution is -2.41. The quantitative estimate of drug-likeness (QED) is 0.199. The van der Waals surface area contributed by atoms with E-state index in [4.69, 9.17) is 9.72 Å². The molecule has 3 aromatic carbocycles. The lowest BCUT2D eigenvalue weighted by molar-refractivity contribution is 0.179. The predicted molar refractivity (Wildman–Crippen MR) is 163 cm³/mol. The van der Waals surface area contributed by atoms with E-state index in [2.05, 4.69) is 12.2 Å². The normalized spacial score (nSPS) is 11.8. The minimum Gasteiger partial charge on any atom is -0.495 e.